The van der Waals surface area contributed by atoms with Crippen LogP contribution in [0.2, 0.25) is 0 Å². The average Bonchev–Trinajstić information content (AvgIpc) is 2.36. The van der Waals surface area contributed by atoms with Crippen LogP contribution in [0.3, 0.4) is 0 Å². The molecule has 0 aromatic rings. The van der Waals surface area contributed by atoms with Crippen molar-refractivity contribution >= 4 is 16.2 Å². The molecule has 0 aromatic heterocycles. The number of carboxylic acids is 1. The minimum absolute atomic E-state index is 0.133. The molecule has 0 amide bonds. The Kier molecular flexibility index (Phi) is 5.12. The fourth-order valence-corrected chi connectivity index (χ4v) is 3.89. The van der Waals surface area contributed by atoms with Crippen molar-refractivity contribution in [1.29, 1.82) is 0 Å². The molecule has 1 aliphatic rings. The summed E-state index contributed by atoms with van der Waals surface area (Å²) in [4.78, 5) is 11.1. The molecule has 7 heteroatoms. The monoisotopic (exact) mass is 278 g/mol. The van der Waals surface area contributed by atoms with Crippen molar-refractivity contribution in [2.45, 2.75) is 51.6 Å². The molecule has 1 N–H and O–H groups in total. The molecule has 1 aliphatic heterocycles. The molecule has 0 bridgehead atoms. The largest absolute Gasteiger partial charge is 0.480 e. The average molecular weight is 278 g/mol. The zero-order chi connectivity index (χ0) is 13.9. The Morgan fingerprint density at radius 3 is 2.61 bits per heavy atom. The summed E-state index contributed by atoms with van der Waals surface area (Å²) in [7, 11) is -2.17. The van der Waals surface area contributed by atoms with Crippen LogP contribution in [0.5, 0.6) is 0 Å². The second-order valence-corrected chi connectivity index (χ2v) is 6.68. The highest BCUT2D eigenvalue weighted by Gasteiger charge is 2.39. The van der Waals surface area contributed by atoms with Crippen molar-refractivity contribution in [3.8, 4) is 0 Å². The van der Waals surface area contributed by atoms with Gasteiger partial charge < -0.3 is 5.11 Å². The molecule has 1 heterocycles. The molecule has 0 radical (unpaired) electrons. The first-order valence-corrected chi connectivity index (χ1v) is 7.69. The van der Waals surface area contributed by atoms with Gasteiger partial charge in [-0.25, -0.2) is 0 Å². The lowest BCUT2D eigenvalue weighted by atomic mass is 10.1. The quantitative estimate of drug-likeness (QED) is 0.810. The van der Waals surface area contributed by atoms with E-state index in [-0.39, 0.29) is 6.04 Å². The minimum Gasteiger partial charge on any atom is -0.480 e. The molecule has 1 saturated heterocycles. The summed E-state index contributed by atoms with van der Waals surface area (Å²) in [6, 6.07) is -1.05. The van der Waals surface area contributed by atoms with Gasteiger partial charge in [0.25, 0.3) is 10.2 Å². The van der Waals surface area contributed by atoms with Gasteiger partial charge in [0.05, 0.1) is 0 Å². The van der Waals surface area contributed by atoms with E-state index in [0.717, 1.165) is 17.1 Å². The molecule has 106 valence electrons. The summed E-state index contributed by atoms with van der Waals surface area (Å²) in [5, 5.41) is 9.12. The SMILES string of the molecule is CCC(C)N(C)S(=O)(=O)N1CCCCC1C(=O)O. The fourth-order valence-electron chi connectivity index (χ4n) is 2.08. The van der Waals surface area contributed by atoms with Crippen LogP contribution < -0.4 is 0 Å². The number of nitrogens with zero attached hydrogens (tertiary/aromatic N) is 2. The number of carboxylic acid groups (broad SMARTS) is 1. The Morgan fingerprint density at radius 1 is 1.50 bits per heavy atom. The highest BCUT2D eigenvalue weighted by molar-refractivity contribution is 7.86. The molecule has 0 aromatic carbocycles. The van der Waals surface area contributed by atoms with Gasteiger partial charge >= 0.3 is 5.97 Å². The van der Waals surface area contributed by atoms with Crippen molar-refractivity contribution in [2.24, 2.45) is 0 Å². The zero-order valence-corrected chi connectivity index (χ0v) is 12.0. The van der Waals surface area contributed by atoms with E-state index in [1.807, 2.05) is 13.8 Å². The Morgan fingerprint density at radius 2 is 2.11 bits per heavy atom. The van der Waals surface area contributed by atoms with Gasteiger partial charge in [-0.2, -0.15) is 17.0 Å². The maximum atomic E-state index is 12.4. The lowest BCUT2D eigenvalue weighted by Crippen LogP contribution is -2.54. The lowest BCUT2D eigenvalue weighted by Gasteiger charge is -2.36. The molecule has 18 heavy (non-hydrogen) atoms. The topological polar surface area (TPSA) is 77.9 Å². The summed E-state index contributed by atoms with van der Waals surface area (Å²) in [6.45, 7) is 4.01. The predicted molar refractivity (Wildman–Crippen MR) is 68.4 cm³/mol. The van der Waals surface area contributed by atoms with E-state index in [1.165, 1.54) is 11.4 Å². The summed E-state index contributed by atoms with van der Waals surface area (Å²) in [5.41, 5.74) is 0. The molecular weight excluding hydrogens is 256 g/mol. The van der Waals surface area contributed by atoms with Crippen LogP contribution in [0.4, 0.5) is 0 Å². The van der Waals surface area contributed by atoms with Crippen molar-refractivity contribution in [3.05, 3.63) is 0 Å². The zero-order valence-electron chi connectivity index (χ0n) is 11.2. The van der Waals surface area contributed by atoms with Gasteiger partial charge in [-0.3, -0.25) is 4.79 Å². The van der Waals surface area contributed by atoms with E-state index < -0.39 is 22.2 Å². The summed E-state index contributed by atoms with van der Waals surface area (Å²) >= 11 is 0. The summed E-state index contributed by atoms with van der Waals surface area (Å²) in [6.07, 6.45) is 2.57. The number of aliphatic carboxylic acids is 1. The van der Waals surface area contributed by atoms with Gasteiger partial charge in [0.2, 0.25) is 0 Å². The fraction of sp³-hybridized carbons (Fsp3) is 0.909. The maximum Gasteiger partial charge on any atom is 0.322 e. The molecular formula is C11H22N2O4S. The van der Waals surface area contributed by atoms with Crippen molar-refractivity contribution in [3.63, 3.8) is 0 Å². The van der Waals surface area contributed by atoms with Gasteiger partial charge in [-0.15, -0.1) is 0 Å². The van der Waals surface area contributed by atoms with Gasteiger partial charge in [-0.05, 0) is 32.6 Å². The van der Waals surface area contributed by atoms with E-state index in [0.29, 0.717) is 19.4 Å². The Hall–Kier alpha value is -0.660. The van der Waals surface area contributed by atoms with E-state index in [2.05, 4.69) is 0 Å². The lowest BCUT2D eigenvalue weighted by molar-refractivity contribution is -0.142. The molecule has 0 spiro atoms. The maximum absolute atomic E-state index is 12.4. The first kappa shape index (κ1) is 15.4. The van der Waals surface area contributed by atoms with Crippen molar-refractivity contribution in [2.75, 3.05) is 13.6 Å². The van der Waals surface area contributed by atoms with Crippen LogP contribution in [0.25, 0.3) is 0 Å². The summed E-state index contributed by atoms with van der Waals surface area (Å²) < 4.78 is 27.2. The van der Waals surface area contributed by atoms with E-state index in [1.54, 1.807) is 0 Å². The molecule has 2 unspecified atom stereocenters. The Balaban J connectivity index is 2.98. The van der Waals surface area contributed by atoms with Crippen LogP contribution in [-0.2, 0) is 15.0 Å². The standard InChI is InChI=1S/C11H22N2O4S/c1-4-9(2)12(3)18(16,17)13-8-6-5-7-10(13)11(14)15/h9-10H,4-8H2,1-3H3,(H,14,15). The molecule has 6 nitrogen and oxygen atoms in total. The third-order valence-electron chi connectivity index (χ3n) is 3.61. The first-order valence-electron chi connectivity index (χ1n) is 6.30. The van der Waals surface area contributed by atoms with Crippen LogP contribution in [0, 0.1) is 0 Å². The number of rotatable bonds is 5. The number of hydrogen-bond acceptors (Lipinski definition) is 3. The highest BCUT2D eigenvalue weighted by atomic mass is 32.2. The Labute approximate surface area is 109 Å². The van der Waals surface area contributed by atoms with E-state index in [4.69, 9.17) is 5.11 Å². The number of hydrogen-bond donors (Lipinski definition) is 1. The number of carbonyl (C=O) groups is 1. The second kappa shape index (κ2) is 5.99. The normalized spacial score (nSPS) is 24.1. The second-order valence-electron chi connectivity index (χ2n) is 4.74. The third-order valence-corrected chi connectivity index (χ3v) is 5.73. The van der Waals surface area contributed by atoms with Crippen LogP contribution >= 0.6 is 0 Å². The third kappa shape index (κ3) is 3.02. The van der Waals surface area contributed by atoms with Gasteiger partial charge in [0.1, 0.15) is 6.04 Å². The predicted octanol–water partition coefficient (Wildman–Crippen LogP) is 0.901. The van der Waals surface area contributed by atoms with Gasteiger partial charge in [-0.1, -0.05) is 6.92 Å². The van der Waals surface area contributed by atoms with Crippen molar-refractivity contribution in [1.82, 2.24) is 8.61 Å². The van der Waals surface area contributed by atoms with Gasteiger partial charge in [0, 0.05) is 19.6 Å². The van der Waals surface area contributed by atoms with E-state index in [9.17, 15) is 13.2 Å². The molecule has 1 fully saturated rings. The van der Waals surface area contributed by atoms with Crippen LogP contribution in [-0.4, -0.2) is 53.8 Å². The Bertz CT molecular complexity index is 396. The highest BCUT2D eigenvalue weighted by Crippen LogP contribution is 2.23. The molecule has 1 rings (SSSR count). The molecule has 0 saturated carbocycles. The number of piperidine rings is 1. The van der Waals surface area contributed by atoms with Crippen LogP contribution in [0.15, 0.2) is 0 Å². The smallest absolute Gasteiger partial charge is 0.322 e. The van der Waals surface area contributed by atoms with E-state index >= 15 is 0 Å². The van der Waals surface area contributed by atoms with Crippen molar-refractivity contribution < 1.29 is 18.3 Å². The summed E-state index contributed by atoms with van der Waals surface area (Å²) in [5.74, 6) is -1.06. The molecule has 2 atom stereocenters. The van der Waals surface area contributed by atoms with Crippen LogP contribution in [0.1, 0.15) is 39.5 Å². The molecule has 0 aliphatic carbocycles. The minimum atomic E-state index is -3.68. The van der Waals surface area contributed by atoms with Gasteiger partial charge in [0.15, 0.2) is 0 Å². The first-order chi connectivity index (χ1) is 8.32.